The number of likely N-dealkylation sites (N-methyl/N-ethyl adjacent to an activating group) is 1. The van der Waals surface area contributed by atoms with Crippen LogP contribution >= 0.6 is 0 Å². The summed E-state index contributed by atoms with van der Waals surface area (Å²) >= 11 is 0. The van der Waals surface area contributed by atoms with Crippen molar-refractivity contribution >= 4 is 6.03 Å². The van der Waals surface area contributed by atoms with Crippen molar-refractivity contribution in [2.75, 3.05) is 26.9 Å². The fourth-order valence-corrected chi connectivity index (χ4v) is 2.46. The Bertz CT molecular complexity index is 506. The molecule has 0 aliphatic carbocycles. The average Bonchev–Trinajstić information content (AvgIpc) is 2.98. The molecule has 1 fully saturated rings. The minimum Gasteiger partial charge on any atom is -0.454 e. The highest BCUT2D eigenvalue weighted by Crippen LogP contribution is 2.33. The highest BCUT2D eigenvalue weighted by molar-refractivity contribution is 5.77. The number of carbonyl (C=O) groups excluding carboxylic acids is 1. The zero-order valence-corrected chi connectivity index (χ0v) is 10.8. The number of rotatable bonds is 3. The van der Waals surface area contributed by atoms with Crippen molar-refractivity contribution in [3.05, 3.63) is 23.8 Å². The molecule has 0 bridgehead atoms. The Hall–Kier alpha value is -1.95. The molecule has 1 aromatic carbocycles. The first-order valence-corrected chi connectivity index (χ1v) is 6.29. The van der Waals surface area contributed by atoms with Gasteiger partial charge in [0.2, 0.25) is 6.79 Å². The Kier molecular flexibility index (Phi) is 2.94. The van der Waals surface area contributed by atoms with Gasteiger partial charge in [0.25, 0.3) is 0 Å². The number of benzene rings is 1. The maximum Gasteiger partial charge on any atom is 0.320 e. The number of nitrogens with two attached hydrogens (primary N) is 1. The van der Waals surface area contributed by atoms with E-state index in [9.17, 15) is 4.79 Å². The number of nitrogens with zero attached hydrogens (tertiary/aromatic N) is 2. The first-order chi connectivity index (χ1) is 9.19. The van der Waals surface area contributed by atoms with Crippen LogP contribution in [0.3, 0.4) is 0 Å². The van der Waals surface area contributed by atoms with Crippen molar-refractivity contribution in [3.63, 3.8) is 0 Å². The standard InChI is InChI=1S/C13H17N3O3/c1-15-10(5-14)7-16(13(15)17)6-9-2-3-11-12(4-9)19-8-18-11/h2-4,10H,5-8,14H2,1H3. The van der Waals surface area contributed by atoms with Crippen molar-refractivity contribution in [1.82, 2.24) is 9.80 Å². The zero-order chi connectivity index (χ0) is 13.4. The minimum atomic E-state index is 0.0214. The van der Waals surface area contributed by atoms with Gasteiger partial charge in [-0.05, 0) is 17.7 Å². The van der Waals surface area contributed by atoms with Crippen LogP contribution in [0.1, 0.15) is 5.56 Å². The molecule has 1 saturated heterocycles. The largest absolute Gasteiger partial charge is 0.454 e. The van der Waals surface area contributed by atoms with E-state index in [1.165, 1.54) is 0 Å². The van der Waals surface area contributed by atoms with E-state index >= 15 is 0 Å². The van der Waals surface area contributed by atoms with Gasteiger partial charge in [-0.2, -0.15) is 0 Å². The van der Waals surface area contributed by atoms with Crippen LogP contribution in [0.4, 0.5) is 4.79 Å². The van der Waals surface area contributed by atoms with E-state index in [0.717, 1.165) is 17.1 Å². The second-order valence-electron chi connectivity index (χ2n) is 4.85. The van der Waals surface area contributed by atoms with Gasteiger partial charge in [0.1, 0.15) is 0 Å². The number of fused-ring (bicyclic) bond motifs is 1. The number of carbonyl (C=O) groups is 1. The lowest BCUT2D eigenvalue weighted by Gasteiger charge is -2.16. The van der Waals surface area contributed by atoms with E-state index in [2.05, 4.69) is 0 Å². The molecule has 1 aromatic rings. The molecule has 0 spiro atoms. The molecule has 3 rings (SSSR count). The monoisotopic (exact) mass is 263 g/mol. The van der Waals surface area contributed by atoms with Gasteiger partial charge < -0.3 is 25.0 Å². The first kappa shape index (κ1) is 12.1. The highest BCUT2D eigenvalue weighted by Gasteiger charge is 2.33. The fourth-order valence-electron chi connectivity index (χ4n) is 2.46. The van der Waals surface area contributed by atoms with E-state index in [1.807, 2.05) is 18.2 Å². The van der Waals surface area contributed by atoms with Crippen LogP contribution in [0.25, 0.3) is 0 Å². The molecule has 19 heavy (non-hydrogen) atoms. The molecule has 6 heteroatoms. The molecule has 2 aliphatic rings. The molecule has 102 valence electrons. The minimum absolute atomic E-state index is 0.0214. The smallest absolute Gasteiger partial charge is 0.320 e. The molecular weight excluding hydrogens is 246 g/mol. The Balaban J connectivity index is 1.73. The summed E-state index contributed by atoms with van der Waals surface area (Å²) in [5.41, 5.74) is 6.69. The third-order valence-corrected chi connectivity index (χ3v) is 3.63. The molecular formula is C13H17N3O3. The number of amides is 2. The normalized spacial score (nSPS) is 21.4. The van der Waals surface area contributed by atoms with Crippen molar-refractivity contribution in [3.8, 4) is 11.5 Å². The lowest BCUT2D eigenvalue weighted by atomic mass is 10.2. The van der Waals surface area contributed by atoms with Gasteiger partial charge >= 0.3 is 6.03 Å². The van der Waals surface area contributed by atoms with Gasteiger partial charge in [-0.25, -0.2) is 4.79 Å². The van der Waals surface area contributed by atoms with Gasteiger partial charge in [-0.15, -0.1) is 0 Å². The third-order valence-electron chi connectivity index (χ3n) is 3.63. The van der Waals surface area contributed by atoms with Crippen molar-refractivity contribution < 1.29 is 14.3 Å². The van der Waals surface area contributed by atoms with Crippen LogP contribution in [-0.2, 0) is 6.54 Å². The lowest BCUT2D eigenvalue weighted by molar-refractivity contribution is 0.174. The Labute approximate surface area is 111 Å². The van der Waals surface area contributed by atoms with Crippen LogP contribution in [-0.4, -0.2) is 48.8 Å². The number of urea groups is 1. The SMILES string of the molecule is CN1C(=O)N(Cc2ccc3c(c2)OCO3)CC1CN. The molecule has 0 saturated carbocycles. The third kappa shape index (κ3) is 2.08. The van der Waals surface area contributed by atoms with Gasteiger partial charge in [0.05, 0.1) is 6.04 Å². The predicted octanol–water partition coefficient (Wildman–Crippen LogP) is 0.610. The molecule has 2 amide bonds. The summed E-state index contributed by atoms with van der Waals surface area (Å²) < 4.78 is 10.6. The maximum absolute atomic E-state index is 12.1. The maximum atomic E-state index is 12.1. The van der Waals surface area contributed by atoms with Gasteiger partial charge in [0, 0.05) is 26.7 Å². The summed E-state index contributed by atoms with van der Waals surface area (Å²) in [7, 11) is 1.79. The second-order valence-corrected chi connectivity index (χ2v) is 4.85. The second kappa shape index (κ2) is 4.62. The van der Waals surface area contributed by atoms with Crippen molar-refractivity contribution in [2.24, 2.45) is 5.73 Å². The van der Waals surface area contributed by atoms with Gasteiger partial charge in [0.15, 0.2) is 11.5 Å². The Morgan fingerprint density at radius 3 is 2.89 bits per heavy atom. The Morgan fingerprint density at radius 1 is 1.37 bits per heavy atom. The van der Waals surface area contributed by atoms with E-state index < -0.39 is 0 Å². The summed E-state index contributed by atoms with van der Waals surface area (Å²) in [6, 6.07) is 5.87. The summed E-state index contributed by atoms with van der Waals surface area (Å²) in [4.78, 5) is 15.6. The predicted molar refractivity (Wildman–Crippen MR) is 69.0 cm³/mol. The first-order valence-electron chi connectivity index (χ1n) is 6.29. The molecule has 0 radical (unpaired) electrons. The number of hydrogen-bond acceptors (Lipinski definition) is 4. The lowest BCUT2D eigenvalue weighted by Crippen LogP contribution is -2.35. The van der Waals surface area contributed by atoms with Crippen LogP contribution in [0, 0.1) is 0 Å². The van der Waals surface area contributed by atoms with Gasteiger partial charge in [-0.1, -0.05) is 6.07 Å². The Morgan fingerprint density at radius 2 is 2.16 bits per heavy atom. The van der Waals surface area contributed by atoms with E-state index in [-0.39, 0.29) is 18.9 Å². The van der Waals surface area contributed by atoms with E-state index in [0.29, 0.717) is 19.6 Å². The number of hydrogen-bond donors (Lipinski definition) is 1. The highest BCUT2D eigenvalue weighted by atomic mass is 16.7. The van der Waals surface area contributed by atoms with E-state index in [1.54, 1.807) is 16.8 Å². The van der Waals surface area contributed by atoms with Crippen molar-refractivity contribution in [1.29, 1.82) is 0 Å². The summed E-state index contributed by atoms with van der Waals surface area (Å²) in [5, 5.41) is 0. The molecule has 2 heterocycles. The summed E-state index contributed by atoms with van der Waals surface area (Å²) in [5.74, 6) is 1.50. The summed E-state index contributed by atoms with van der Waals surface area (Å²) in [6.45, 7) is 1.98. The van der Waals surface area contributed by atoms with Gasteiger partial charge in [-0.3, -0.25) is 0 Å². The van der Waals surface area contributed by atoms with Crippen LogP contribution in [0.2, 0.25) is 0 Å². The average molecular weight is 263 g/mol. The zero-order valence-electron chi connectivity index (χ0n) is 10.8. The van der Waals surface area contributed by atoms with E-state index in [4.69, 9.17) is 15.2 Å². The van der Waals surface area contributed by atoms with Crippen LogP contribution in [0.15, 0.2) is 18.2 Å². The fraction of sp³-hybridized carbons (Fsp3) is 0.462. The molecule has 0 aromatic heterocycles. The molecule has 1 unspecified atom stereocenters. The molecule has 6 nitrogen and oxygen atoms in total. The van der Waals surface area contributed by atoms with Crippen LogP contribution < -0.4 is 15.2 Å². The molecule has 2 N–H and O–H groups in total. The quantitative estimate of drug-likeness (QED) is 0.867. The molecule has 1 atom stereocenters. The number of ether oxygens (including phenoxy) is 2. The van der Waals surface area contributed by atoms with Crippen molar-refractivity contribution in [2.45, 2.75) is 12.6 Å². The summed E-state index contributed by atoms with van der Waals surface area (Å²) in [6.07, 6.45) is 0. The topological polar surface area (TPSA) is 68.0 Å². The van der Waals surface area contributed by atoms with Crippen LogP contribution in [0.5, 0.6) is 11.5 Å². The molecule has 2 aliphatic heterocycles.